The van der Waals surface area contributed by atoms with Crippen LogP contribution in [0.1, 0.15) is 44.4 Å². The van der Waals surface area contributed by atoms with Gasteiger partial charge in [-0.25, -0.2) is 4.79 Å². The van der Waals surface area contributed by atoms with E-state index in [2.05, 4.69) is 20.7 Å². The first kappa shape index (κ1) is 35.5. The largest absolute Gasteiger partial charge is 0.506 e. The molecule has 0 saturated carbocycles. The Kier molecular flexibility index (Phi) is 10.2. The minimum absolute atomic E-state index is 0.0600. The molecule has 6 rings (SSSR count). The van der Waals surface area contributed by atoms with E-state index >= 15 is 0 Å². The number of aromatic hydroxyl groups is 1. The van der Waals surface area contributed by atoms with Gasteiger partial charge in [-0.3, -0.25) is 14.3 Å². The number of carbonyl (C=O) groups is 2. The van der Waals surface area contributed by atoms with Crippen molar-refractivity contribution in [3.05, 3.63) is 147 Å². The summed E-state index contributed by atoms with van der Waals surface area (Å²) in [4.78, 5) is 40.0. The summed E-state index contributed by atoms with van der Waals surface area (Å²) in [5.74, 6) is -1.42. The van der Waals surface area contributed by atoms with Crippen LogP contribution in [0.4, 0.5) is 0 Å². The number of nitrogens with one attached hydrogen (secondary N) is 3. The molecular weight excluding hydrogens is 666 g/mol. The van der Waals surface area contributed by atoms with Crippen LogP contribution < -0.4 is 20.9 Å². The molecule has 6 aromatic rings. The third kappa shape index (κ3) is 7.14. The first-order valence-electron chi connectivity index (χ1n) is 16.3. The highest BCUT2D eigenvalue weighted by Crippen LogP contribution is 2.34. The number of aliphatic carboxylic acids is 1. The highest BCUT2D eigenvalue weighted by atomic mass is 16.5. The molecule has 0 saturated heterocycles. The fourth-order valence-corrected chi connectivity index (χ4v) is 6.21. The number of phenolic OH excluding ortho intramolecular Hbond substituents is 1. The Hall–Kier alpha value is -6.28. The van der Waals surface area contributed by atoms with Crippen molar-refractivity contribution in [1.29, 1.82) is 0 Å². The van der Waals surface area contributed by atoms with E-state index in [0.717, 1.165) is 5.56 Å². The Morgan fingerprint density at radius 1 is 0.962 bits per heavy atom. The first-order valence-corrected chi connectivity index (χ1v) is 16.3. The smallest absolute Gasteiger partial charge is 0.345 e. The lowest BCUT2D eigenvalue weighted by Gasteiger charge is -2.25. The lowest BCUT2D eigenvalue weighted by Crippen LogP contribution is -2.36. The lowest BCUT2D eigenvalue weighted by molar-refractivity contribution is -0.155. The Morgan fingerprint density at radius 3 is 2.48 bits per heavy atom. The number of pyridine rings is 1. The summed E-state index contributed by atoms with van der Waals surface area (Å²) in [6.45, 7) is 0.526. The summed E-state index contributed by atoms with van der Waals surface area (Å²) in [6.07, 6.45) is 0.812. The minimum atomic E-state index is -2.28. The number of aromatic amines is 1. The zero-order valence-electron chi connectivity index (χ0n) is 28.3. The van der Waals surface area contributed by atoms with E-state index in [-0.39, 0.29) is 46.9 Å². The van der Waals surface area contributed by atoms with Gasteiger partial charge in [-0.05, 0) is 47.0 Å². The standard InChI is InChI=1S/C39H37N5O8/c1-44-22-30(23-7-6-10-27(17-23)39(51,38(49)50)26-8-4-3-5-9-26)31(43-44)20-41-37(48)24-11-12-25(34(18-24)52-2)19-40-21-33(46)28-13-15-32(45)36-29(28)14-16-35(47)42-36/h3-18,22,33,40,45-46,51H,19-21H2,1-2H3,(H,41,48)(H,42,47)(H,49,50). The molecule has 0 fully saturated rings. The van der Waals surface area contributed by atoms with E-state index in [1.54, 1.807) is 103 Å². The maximum absolute atomic E-state index is 13.3. The van der Waals surface area contributed by atoms with E-state index in [1.165, 1.54) is 19.2 Å². The maximum atomic E-state index is 13.3. The van der Waals surface area contributed by atoms with Crippen molar-refractivity contribution in [3.8, 4) is 22.6 Å². The molecule has 0 bridgehead atoms. The van der Waals surface area contributed by atoms with Crippen molar-refractivity contribution in [3.63, 3.8) is 0 Å². The summed E-state index contributed by atoms with van der Waals surface area (Å²) in [6, 6.07) is 25.7. The number of aliphatic hydroxyl groups is 2. The van der Waals surface area contributed by atoms with Crippen LogP contribution in [0.25, 0.3) is 22.0 Å². The predicted octanol–water partition coefficient (Wildman–Crippen LogP) is 3.72. The number of nitrogens with zero attached hydrogens (tertiary/aromatic N) is 2. The number of hydrogen-bond donors (Lipinski definition) is 7. The summed E-state index contributed by atoms with van der Waals surface area (Å²) in [5.41, 5.74) is 1.42. The lowest BCUT2D eigenvalue weighted by atomic mass is 9.85. The maximum Gasteiger partial charge on any atom is 0.345 e. The Morgan fingerprint density at radius 2 is 1.73 bits per heavy atom. The van der Waals surface area contributed by atoms with Gasteiger partial charge in [0.15, 0.2) is 0 Å². The number of H-pyrrole nitrogens is 1. The molecule has 13 heteroatoms. The zero-order valence-corrected chi connectivity index (χ0v) is 28.3. The summed E-state index contributed by atoms with van der Waals surface area (Å²) in [7, 11) is 3.23. The van der Waals surface area contributed by atoms with E-state index < -0.39 is 17.7 Å². The van der Waals surface area contributed by atoms with E-state index in [4.69, 9.17) is 4.74 Å². The highest BCUT2D eigenvalue weighted by molar-refractivity contribution is 5.95. The number of aliphatic hydroxyl groups excluding tert-OH is 1. The van der Waals surface area contributed by atoms with E-state index in [0.29, 0.717) is 45.6 Å². The Balaban J connectivity index is 1.13. The van der Waals surface area contributed by atoms with E-state index in [1.807, 2.05) is 0 Å². The number of rotatable bonds is 13. The summed E-state index contributed by atoms with van der Waals surface area (Å²) >= 11 is 0. The van der Waals surface area contributed by atoms with Gasteiger partial charge in [-0.2, -0.15) is 5.10 Å². The molecule has 0 aliphatic heterocycles. The third-order valence-electron chi connectivity index (χ3n) is 8.88. The van der Waals surface area contributed by atoms with Crippen LogP contribution in [0.2, 0.25) is 0 Å². The van der Waals surface area contributed by atoms with Gasteiger partial charge < -0.3 is 40.8 Å². The third-order valence-corrected chi connectivity index (χ3v) is 8.88. The van der Waals surface area contributed by atoms with Gasteiger partial charge in [0.25, 0.3) is 5.91 Å². The minimum Gasteiger partial charge on any atom is -0.506 e. The molecular formula is C39H37N5O8. The van der Waals surface area contributed by atoms with Gasteiger partial charge in [-0.1, -0.05) is 60.7 Å². The molecule has 4 aromatic carbocycles. The number of fused-ring (bicyclic) bond motifs is 1. The number of amides is 1. The fourth-order valence-electron chi connectivity index (χ4n) is 6.21. The van der Waals surface area contributed by atoms with Gasteiger partial charge >= 0.3 is 5.97 Å². The number of aromatic nitrogens is 3. The quantitative estimate of drug-likeness (QED) is 0.0931. The van der Waals surface area contributed by atoms with Crippen LogP contribution in [0.5, 0.6) is 11.5 Å². The Labute approximate surface area is 297 Å². The summed E-state index contributed by atoms with van der Waals surface area (Å²) in [5, 5.41) is 53.6. The van der Waals surface area contributed by atoms with Gasteiger partial charge in [-0.15, -0.1) is 0 Å². The molecule has 0 spiro atoms. The van der Waals surface area contributed by atoms with Gasteiger partial charge in [0.1, 0.15) is 11.5 Å². The molecule has 7 N–H and O–H groups in total. The summed E-state index contributed by atoms with van der Waals surface area (Å²) < 4.78 is 7.16. The SMILES string of the molecule is COc1cc(C(=O)NCc2nn(C)cc2-c2cccc(C(O)(C(=O)O)c3ccccc3)c2)ccc1CNCC(O)c1ccc(O)c2[nH]c(=O)ccc12. The van der Waals surface area contributed by atoms with Crippen molar-refractivity contribution in [2.75, 3.05) is 13.7 Å². The Bertz CT molecular complexity index is 2320. The number of phenols is 1. The van der Waals surface area contributed by atoms with Crippen LogP contribution in [-0.2, 0) is 30.5 Å². The molecule has 0 radical (unpaired) electrons. The molecule has 13 nitrogen and oxygen atoms in total. The first-order chi connectivity index (χ1) is 25.0. The molecule has 2 aromatic heterocycles. The van der Waals surface area contributed by atoms with Gasteiger partial charge in [0.05, 0.1) is 31.0 Å². The van der Waals surface area contributed by atoms with Crippen LogP contribution in [0, 0.1) is 0 Å². The fraction of sp³-hybridized carbons (Fsp3) is 0.179. The number of benzene rings is 4. The number of hydrogen-bond acceptors (Lipinski definition) is 9. The second-order valence-corrected chi connectivity index (χ2v) is 12.3. The predicted molar refractivity (Wildman–Crippen MR) is 193 cm³/mol. The molecule has 0 aliphatic carbocycles. The van der Waals surface area contributed by atoms with Crippen molar-refractivity contribution >= 4 is 22.8 Å². The van der Waals surface area contributed by atoms with Crippen LogP contribution in [0.3, 0.4) is 0 Å². The number of ether oxygens (including phenoxy) is 1. The molecule has 2 atom stereocenters. The normalized spacial score (nSPS) is 13.0. The highest BCUT2D eigenvalue weighted by Gasteiger charge is 2.40. The van der Waals surface area contributed by atoms with Crippen LogP contribution in [-0.4, -0.2) is 60.7 Å². The molecule has 2 unspecified atom stereocenters. The second kappa shape index (κ2) is 14.9. The average molecular weight is 704 g/mol. The van der Waals surface area contributed by atoms with Crippen molar-refractivity contribution in [1.82, 2.24) is 25.4 Å². The van der Waals surface area contributed by atoms with E-state index in [9.17, 15) is 34.8 Å². The number of aryl methyl sites for hydroxylation is 1. The van der Waals surface area contributed by atoms with Crippen LogP contribution in [0.15, 0.2) is 108 Å². The van der Waals surface area contributed by atoms with Crippen LogP contribution >= 0.6 is 0 Å². The zero-order chi connectivity index (χ0) is 37.0. The number of carboxylic acids is 1. The molecule has 266 valence electrons. The molecule has 52 heavy (non-hydrogen) atoms. The van der Waals surface area contributed by atoms with Gasteiger partial charge in [0, 0.05) is 60.0 Å². The number of carboxylic acid groups (broad SMARTS) is 1. The molecule has 1 amide bonds. The number of methoxy groups -OCH3 is 1. The molecule has 2 heterocycles. The van der Waals surface area contributed by atoms with Crippen molar-refractivity contribution in [2.45, 2.75) is 24.8 Å². The van der Waals surface area contributed by atoms with Crippen molar-refractivity contribution in [2.24, 2.45) is 7.05 Å². The second-order valence-electron chi connectivity index (χ2n) is 12.3. The topological polar surface area (TPSA) is 199 Å². The monoisotopic (exact) mass is 703 g/mol. The molecule has 0 aliphatic rings. The average Bonchev–Trinajstić information content (AvgIpc) is 3.54. The van der Waals surface area contributed by atoms with Crippen molar-refractivity contribution < 1.29 is 34.8 Å². The van der Waals surface area contributed by atoms with Gasteiger partial charge in [0.2, 0.25) is 11.2 Å². The number of carbonyl (C=O) groups excluding carboxylic acids is 1.